The molecule has 0 aliphatic carbocycles. The number of nitrogens with two attached hydrogens (primary N) is 1. The van der Waals surface area contributed by atoms with Crippen LogP contribution in [0, 0.1) is 12.7 Å². The van der Waals surface area contributed by atoms with Gasteiger partial charge >= 0.3 is 0 Å². The number of ether oxygens (including phenoxy) is 1. The largest absolute Gasteiger partial charge is 0.489 e. The molecule has 0 saturated heterocycles. The number of rotatable bonds is 4. The zero-order valence-corrected chi connectivity index (χ0v) is 10.2. The van der Waals surface area contributed by atoms with Crippen molar-refractivity contribution in [1.29, 1.82) is 0 Å². The second-order valence-corrected chi connectivity index (χ2v) is 4.10. The Morgan fingerprint density at radius 2 is 2.06 bits per heavy atom. The van der Waals surface area contributed by atoms with E-state index in [4.69, 9.17) is 10.5 Å². The zero-order chi connectivity index (χ0) is 13.0. The Morgan fingerprint density at radius 1 is 1.22 bits per heavy atom. The molecule has 94 valence electrons. The van der Waals surface area contributed by atoms with E-state index in [1.807, 2.05) is 25.1 Å². The average molecular weight is 246 g/mol. The maximum Gasteiger partial charge on any atom is 0.141 e. The lowest BCUT2D eigenvalue weighted by Gasteiger charge is -2.10. The van der Waals surface area contributed by atoms with Crippen molar-refractivity contribution < 1.29 is 9.13 Å². The Hall–Kier alpha value is -1.94. The van der Waals surface area contributed by atoms with Gasteiger partial charge in [0.2, 0.25) is 0 Å². The molecule has 2 aromatic rings. The number of halogens is 1. The minimum absolute atomic E-state index is 0.291. The van der Waals surface area contributed by atoms with Gasteiger partial charge in [0.05, 0.1) is 6.20 Å². The number of benzene rings is 1. The molecular formula is C14H15FN2O. The first-order chi connectivity index (χ1) is 8.69. The van der Waals surface area contributed by atoms with E-state index in [1.165, 1.54) is 12.3 Å². The normalized spacial score (nSPS) is 10.4. The summed E-state index contributed by atoms with van der Waals surface area (Å²) in [6.07, 6.45) is 2.76. The number of nitrogens with zero attached hydrogens (tertiary/aromatic N) is 1. The highest BCUT2D eigenvalue weighted by Crippen LogP contribution is 2.20. The minimum Gasteiger partial charge on any atom is -0.489 e. The molecule has 0 saturated carbocycles. The summed E-state index contributed by atoms with van der Waals surface area (Å²) < 4.78 is 18.6. The lowest BCUT2D eigenvalue weighted by atomic mass is 10.1. The number of aromatic nitrogens is 1. The summed E-state index contributed by atoms with van der Waals surface area (Å²) in [5.74, 6) is 0.408. The van der Waals surface area contributed by atoms with Crippen molar-refractivity contribution in [2.45, 2.75) is 20.1 Å². The molecule has 2 N–H and O–H groups in total. The predicted molar refractivity (Wildman–Crippen MR) is 67.6 cm³/mol. The van der Waals surface area contributed by atoms with Crippen LogP contribution in [0.5, 0.6) is 5.75 Å². The molecule has 0 amide bonds. The third-order valence-electron chi connectivity index (χ3n) is 2.64. The molecule has 0 fully saturated rings. The zero-order valence-electron chi connectivity index (χ0n) is 10.2. The van der Waals surface area contributed by atoms with Crippen LogP contribution in [-0.4, -0.2) is 4.98 Å². The van der Waals surface area contributed by atoms with Crippen LogP contribution < -0.4 is 10.5 Å². The van der Waals surface area contributed by atoms with Crippen molar-refractivity contribution in [3.05, 3.63) is 59.2 Å². The first-order valence-corrected chi connectivity index (χ1v) is 5.71. The Morgan fingerprint density at radius 3 is 2.78 bits per heavy atom. The fourth-order valence-electron chi connectivity index (χ4n) is 1.62. The van der Waals surface area contributed by atoms with Crippen LogP contribution in [0.25, 0.3) is 0 Å². The summed E-state index contributed by atoms with van der Waals surface area (Å²) >= 11 is 0. The van der Waals surface area contributed by atoms with E-state index in [9.17, 15) is 4.39 Å². The molecule has 0 spiro atoms. The van der Waals surface area contributed by atoms with Gasteiger partial charge in [0.1, 0.15) is 18.2 Å². The van der Waals surface area contributed by atoms with E-state index in [2.05, 4.69) is 4.98 Å². The third-order valence-corrected chi connectivity index (χ3v) is 2.64. The van der Waals surface area contributed by atoms with E-state index in [1.54, 1.807) is 6.20 Å². The van der Waals surface area contributed by atoms with Crippen molar-refractivity contribution in [3.63, 3.8) is 0 Å². The molecule has 0 aliphatic rings. The van der Waals surface area contributed by atoms with Gasteiger partial charge in [0.15, 0.2) is 0 Å². The van der Waals surface area contributed by atoms with Gasteiger partial charge < -0.3 is 10.5 Å². The van der Waals surface area contributed by atoms with Crippen molar-refractivity contribution >= 4 is 0 Å². The molecule has 3 nitrogen and oxygen atoms in total. The van der Waals surface area contributed by atoms with Gasteiger partial charge in [0.25, 0.3) is 0 Å². The van der Waals surface area contributed by atoms with E-state index in [0.29, 0.717) is 18.7 Å². The van der Waals surface area contributed by atoms with Crippen LogP contribution in [-0.2, 0) is 13.2 Å². The van der Waals surface area contributed by atoms with Crippen LogP contribution in [0.3, 0.4) is 0 Å². The minimum atomic E-state index is -0.358. The lowest BCUT2D eigenvalue weighted by Crippen LogP contribution is -2.01. The van der Waals surface area contributed by atoms with Gasteiger partial charge in [-0.25, -0.2) is 4.39 Å². The molecule has 0 aliphatic heterocycles. The van der Waals surface area contributed by atoms with E-state index in [0.717, 1.165) is 16.9 Å². The van der Waals surface area contributed by atoms with Crippen molar-refractivity contribution in [2.75, 3.05) is 0 Å². The van der Waals surface area contributed by atoms with Crippen LogP contribution in [0.15, 0.2) is 36.7 Å². The summed E-state index contributed by atoms with van der Waals surface area (Å²) in [6, 6.07) is 7.24. The van der Waals surface area contributed by atoms with Gasteiger partial charge in [-0.05, 0) is 30.2 Å². The molecule has 0 radical (unpaired) electrons. The standard InChI is InChI=1S/C14H15FN2O/c1-10-2-3-11(6-16)5-14(10)18-9-12-4-13(15)8-17-7-12/h2-5,7-8H,6,9,16H2,1H3. The van der Waals surface area contributed by atoms with E-state index >= 15 is 0 Å². The monoisotopic (exact) mass is 246 g/mol. The number of aryl methyl sites for hydroxylation is 1. The summed E-state index contributed by atoms with van der Waals surface area (Å²) in [7, 11) is 0. The lowest BCUT2D eigenvalue weighted by molar-refractivity contribution is 0.302. The maximum absolute atomic E-state index is 13.0. The van der Waals surface area contributed by atoms with Crippen molar-refractivity contribution in [3.8, 4) is 5.75 Å². The Kier molecular flexibility index (Phi) is 3.89. The van der Waals surface area contributed by atoms with Crippen LogP contribution in [0.4, 0.5) is 4.39 Å². The highest BCUT2D eigenvalue weighted by Gasteiger charge is 2.03. The Bertz CT molecular complexity index is 543. The molecule has 2 rings (SSSR count). The fraction of sp³-hybridized carbons (Fsp3) is 0.214. The highest BCUT2D eigenvalue weighted by atomic mass is 19.1. The molecule has 4 heteroatoms. The second-order valence-electron chi connectivity index (χ2n) is 4.10. The van der Waals surface area contributed by atoms with Crippen molar-refractivity contribution in [1.82, 2.24) is 4.98 Å². The fourth-order valence-corrected chi connectivity index (χ4v) is 1.62. The third kappa shape index (κ3) is 3.05. The quantitative estimate of drug-likeness (QED) is 0.902. The summed E-state index contributed by atoms with van der Waals surface area (Å²) in [5.41, 5.74) is 8.31. The number of pyridine rings is 1. The Balaban J connectivity index is 2.10. The van der Waals surface area contributed by atoms with Crippen LogP contribution >= 0.6 is 0 Å². The number of hydrogen-bond acceptors (Lipinski definition) is 3. The molecule has 0 bridgehead atoms. The summed E-state index contributed by atoms with van der Waals surface area (Å²) in [5, 5.41) is 0. The maximum atomic E-state index is 13.0. The van der Waals surface area contributed by atoms with Gasteiger partial charge in [-0.1, -0.05) is 12.1 Å². The second kappa shape index (κ2) is 5.60. The van der Waals surface area contributed by atoms with E-state index in [-0.39, 0.29) is 5.82 Å². The van der Waals surface area contributed by atoms with Crippen LogP contribution in [0.2, 0.25) is 0 Å². The Labute approximate surface area is 105 Å². The van der Waals surface area contributed by atoms with E-state index < -0.39 is 0 Å². The number of hydrogen-bond donors (Lipinski definition) is 1. The summed E-state index contributed by atoms with van der Waals surface area (Å²) in [6.45, 7) is 2.72. The molecule has 0 atom stereocenters. The molecular weight excluding hydrogens is 231 g/mol. The molecule has 1 heterocycles. The molecule has 1 aromatic carbocycles. The smallest absolute Gasteiger partial charge is 0.141 e. The molecule has 0 unspecified atom stereocenters. The highest BCUT2D eigenvalue weighted by molar-refractivity contribution is 5.36. The van der Waals surface area contributed by atoms with Crippen molar-refractivity contribution in [2.24, 2.45) is 5.73 Å². The summed E-state index contributed by atoms with van der Waals surface area (Å²) in [4.78, 5) is 3.78. The SMILES string of the molecule is Cc1ccc(CN)cc1OCc1cncc(F)c1. The predicted octanol–water partition coefficient (Wildman–Crippen LogP) is 2.57. The first-order valence-electron chi connectivity index (χ1n) is 5.71. The van der Waals surface area contributed by atoms with Gasteiger partial charge in [-0.15, -0.1) is 0 Å². The first kappa shape index (κ1) is 12.5. The molecule has 18 heavy (non-hydrogen) atoms. The average Bonchev–Trinajstić information content (AvgIpc) is 2.38. The topological polar surface area (TPSA) is 48.1 Å². The van der Waals surface area contributed by atoms with Gasteiger partial charge in [-0.2, -0.15) is 0 Å². The van der Waals surface area contributed by atoms with Gasteiger partial charge in [0, 0.05) is 18.3 Å². The molecule has 1 aromatic heterocycles. The van der Waals surface area contributed by atoms with Crippen LogP contribution in [0.1, 0.15) is 16.7 Å². The van der Waals surface area contributed by atoms with Gasteiger partial charge in [-0.3, -0.25) is 4.98 Å².